The van der Waals surface area contributed by atoms with E-state index >= 15 is 0 Å². The molecule has 0 bridgehead atoms. The molecule has 0 spiro atoms. The maximum atomic E-state index is 3.74. The van der Waals surface area contributed by atoms with E-state index in [1.165, 1.54) is 25.4 Å². The first-order valence-electron chi connectivity index (χ1n) is 5.88. The zero-order chi connectivity index (χ0) is 11.1. The van der Waals surface area contributed by atoms with Gasteiger partial charge >= 0.3 is 0 Å². The van der Waals surface area contributed by atoms with Crippen molar-refractivity contribution in [1.29, 1.82) is 0 Å². The van der Waals surface area contributed by atoms with Gasteiger partial charge < -0.3 is 5.32 Å². The minimum Gasteiger partial charge on any atom is -0.311 e. The molecule has 1 atom stereocenters. The molecule has 0 aromatic rings. The van der Waals surface area contributed by atoms with Gasteiger partial charge in [-0.1, -0.05) is 19.9 Å². The summed E-state index contributed by atoms with van der Waals surface area (Å²) in [6.45, 7) is 13.1. The van der Waals surface area contributed by atoms with Crippen molar-refractivity contribution >= 4 is 11.8 Å². The lowest BCUT2D eigenvalue weighted by atomic mass is 10.0. The van der Waals surface area contributed by atoms with E-state index in [1.54, 1.807) is 0 Å². The average molecular weight is 228 g/mol. The van der Waals surface area contributed by atoms with Gasteiger partial charge in [0.2, 0.25) is 0 Å². The van der Waals surface area contributed by atoms with Crippen molar-refractivity contribution < 1.29 is 0 Å². The van der Waals surface area contributed by atoms with Gasteiger partial charge in [0.1, 0.15) is 0 Å². The lowest BCUT2D eigenvalue weighted by Gasteiger charge is -2.35. The summed E-state index contributed by atoms with van der Waals surface area (Å²) in [5, 5.41) is 3.59. The number of nitrogens with zero attached hydrogens (tertiary/aromatic N) is 1. The predicted molar refractivity (Wildman–Crippen MR) is 70.6 cm³/mol. The van der Waals surface area contributed by atoms with Crippen molar-refractivity contribution in [2.45, 2.75) is 19.9 Å². The number of thioether (sulfide) groups is 1. The summed E-state index contributed by atoms with van der Waals surface area (Å²) in [6, 6.07) is 0.683. The van der Waals surface area contributed by atoms with Gasteiger partial charge in [-0.3, -0.25) is 4.90 Å². The average Bonchev–Trinajstić information content (AvgIpc) is 2.25. The van der Waals surface area contributed by atoms with Crippen molar-refractivity contribution in [3.05, 3.63) is 12.7 Å². The summed E-state index contributed by atoms with van der Waals surface area (Å²) < 4.78 is 0. The van der Waals surface area contributed by atoms with Crippen LogP contribution in [0.2, 0.25) is 0 Å². The fraction of sp³-hybridized carbons (Fsp3) is 0.833. The molecule has 1 heterocycles. The Bertz CT molecular complexity index is 182. The summed E-state index contributed by atoms with van der Waals surface area (Å²) >= 11 is 1.98. The molecule has 88 valence electrons. The van der Waals surface area contributed by atoms with E-state index in [0.717, 1.165) is 18.2 Å². The second kappa shape index (κ2) is 7.31. The first-order valence-corrected chi connectivity index (χ1v) is 7.04. The van der Waals surface area contributed by atoms with Crippen LogP contribution in [-0.2, 0) is 0 Å². The van der Waals surface area contributed by atoms with Crippen molar-refractivity contribution in [1.82, 2.24) is 10.2 Å². The molecular formula is C12H24N2S. The van der Waals surface area contributed by atoms with Crippen LogP contribution in [0.5, 0.6) is 0 Å². The first-order chi connectivity index (χ1) is 7.24. The standard InChI is InChI=1S/C12H24N2S/c1-4-8-15-9-7-14-6-5-13-12(10-14)11(2)3/h4,11-13H,1,5-10H2,2-3H3. The van der Waals surface area contributed by atoms with Crippen LogP contribution in [0.1, 0.15) is 13.8 Å². The molecule has 1 fully saturated rings. The molecule has 0 amide bonds. The van der Waals surface area contributed by atoms with Crippen LogP contribution in [0.4, 0.5) is 0 Å². The summed E-state index contributed by atoms with van der Waals surface area (Å²) in [7, 11) is 0. The van der Waals surface area contributed by atoms with E-state index in [9.17, 15) is 0 Å². The van der Waals surface area contributed by atoms with Gasteiger partial charge in [-0.05, 0) is 5.92 Å². The number of rotatable bonds is 6. The van der Waals surface area contributed by atoms with Gasteiger partial charge in [-0.25, -0.2) is 0 Å². The smallest absolute Gasteiger partial charge is 0.0218 e. The number of piperazine rings is 1. The molecule has 1 aliphatic rings. The van der Waals surface area contributed by atoms with Gasteiger partial charge in [0.25, 0.3) is 0 Å². The van der Waals surface area contributed by atoms with E-state index in [2.05, 4.69) is 30.6 Å². The van der Waals surface area contributed by atoms with Crippen LogP contribution >= 0.6 is 11.8 Å². The third-order valence-corrected chi connectivity index (χ3v) is 3.82. The normalized spacial score (nSPS) is 23.3. The topological polar surface area (TPSA) is 15.3 Å². The van der Waals surface area contributed by atoms with Crippen LogP contribution in [0.15, 0.2) is 12.7 Å². The molecule has 15 heavy (non-hydrogen) atoms. The van der Waals surface area contributed by atoms with E-state index < -0.39 is 0 Å². The lowest BCUT2D eigenvalue weighted by molar-refractivity contribution is 0.184. The Labute approximate surface area is 98.5 Å². The molecule has 0 aromatic heterocycles. The second-order valence-corrected chi connectivity index (χ2v) is 5.62. The molecule has 1 rings (SSSR count). The molecule has 2 nitrogen and oxygen atoms in total. The Kier molecular flexibility index (Phi) is 6.37. The lowest BCUT2D eigenvalue weighted by Crippen LogP contribution is -2.53. The fourth-order valence-corrected chi connectivity index (χ4v) is 2.57. The highest BCUT2D eigenvalue weighted by Gasteiger charge is 2.20. The van der Waals surface area contributed by atoms with Crippen molar-refractivity contribution in [3.8, 4) is 0 Å². The molecule has 1 unspecified atom stereocenters. The van der Waals surface area contributed by atoms with E-state index in [1.807, 2.05) is 17.8 Å². The first kappa shape index (κ1) is 13.1. The largest absolute Gasteiger partial charge is 0.311 e. The molecule has 1 aliphatic heterocycles. The third kappa shape index (κ3) is 5.05. The number of nitrogens with one attached hydrogen (secondary N) is 1. The quantitative estimate of drug-likeness (QED) is 0.551. The fourth-order valence-electron chi connectivity index (χ4n) is 1.85. The maximum Gasteiger partial charge on any atom is 0.0218 e. The van der Waals surface area contributed by atoms with Crippen LogP contribution in [-0.4, -0.2) is 48.6 Å². The van der Waals surface area contributed by atoms with E-state index in [4.69, 9.17) is 0 Å². The second-order valence-electron chi connectivity index (χ2n) is 4.47. The molecule has 0 radical (unpaired) electrons. The van der Waals surface area contributed by atoms with Crippen LogP contribution in [0.3, 0.4) is 0 Å². The highest BCUT2D eigenvalue weighted by atomic mass is 32.2. The predicted octanol–water partition coefficient (Wildman–Crippen LogP) is 1.84. The van der Waals surface area contributed by atoms with Crippen LogP contribution in [0, 0.1) is 5.92 Å². The van der Waals surface area contributed by atoms with Crippen molar-refractivity contribution in [3.63, 3.8) is 0 Å². The minimum absolute atomic E-state index is 0.683. The molecule has 3 heteroatoms. The molecule has 0 aromatic carbocycles. The highest BCUT2D eigenvalue weighted by Crippen LogP contribution is 2.09. The summed E-state index contributed by atoms with van der Waals surface area (Å²) in [6.07, 6.45) is 1.99. The molecule has 1 saturated heterocycles. The van der Waals surface area contributed by atoms with Crippen molar-refractivity contribution in [2.24, 2.45) is 5.92 Å². The van der Waals surface area contributed by atoms with Crippen LogP contribution in [0.25, 0.3) is 0 Å². The summed E-state index contributed by atoms with van der Waals surface area (Å²) in [5.41, 5.74) is 0. The monoisotopic (exact) mass is 228 g/mol. The van der Waals surface area contributed by atoms with E-state index in [-0.39, 0.29) is 0 Å². The van der Waals surface area contributed by atoms with Gasteiger partial charge in [-0.2, -0.15) is 11.8 Å². The maximum absolute atomic E-state index is 3.74. The zero-order valence-electron chi connectivity index (χ0n) is 10.0. The SMILES string of the molecule is C=CCSCCN1CCNC(C(C)C)C1. The summed E-state index contributed by atoms with van der Waals surface area (Å²) in [4.78, 5) is 2.58. The number of hydrogen-bond donors (Lipinski definition) is 1. The van der Waals surface area contributed by atoms with E-state index in [0.29, 0.717) is 6.04 Å². The van der Waals surface area contributed by atoms with Gasteiger partial charge in [0.05, 0.1) is 0 Å². The van der Waals surface area contributed by atoms with Crippen molar-refractivity contribution in [2.75, 3.05) is 37.7 Å². The Hall–Kier alpha value is 0.01000. The molecule has 1 N–H and O–H groups in total. The zero-order valence-corrected chi connectivity index (χ0v) is 10.9. The number of hydrogen-bond acceptors (Lipinski definition) is 3. The Morgan fingerprint density at radius 2 is 2.40 bits per heavy atom. The highest BCUT2D eigenvalue weighted by molar-refractivity contribution is 7.99. The van der Waals surface area contributed by atoms with Crippen LogP contribution < -0.4 is 5.32 Å². The third-order valence-electron chi connectivity index (χ3n) is 2.88. The van der Waals surface area contributed by atoms with Gasteiger partial charge in [-0.15, -0.1) is 6.58 Å². The minimum atomic E-state index is 0.683. The summed E-state index contributed by atoms with van der Waals surface area (Å²) in [5.74, 6) is 3.06. The van der Waals surface area contributed by atoms with Gasteiger partial charge in [0.15, 0.2) is 0 Å². The Morgan fingerprint density at radius 3 is 3.07 bits per heavy atom. The molecule has 0 saturated carbocycles. The molecular weight excluding hydrogens is 204 g/mol. The molecule has 0 aliphatic carbocycles. The Morgan fingerprint density at radius 1 is 1.60 bits per heavy atom. The Balaban J connectivity index is 2.15. The van der Waals surface area contributed by atoms with Gasteiger partial charge in [0, 0.05) is 43.7 Å².